The first-order chi connectivity index (χ1) is 4.72. The number of rotatable bonds is 5. The predicted octanol–water partition coefficient (Wildman–Crippen LogP) is 2.71. The van der Waals surface area contributed by atoms with Crippen LogP contribution in [0.5, 0.6) is 0 Å². The van der Waals surface area contributed by atoms with E-state index < -0.39 is 0 Å². The summed E-state index contributed by atoms with van der Waals surface area (Å²) >= 11 is 0. The minimum atomic E-state index is 0.759. The van der Waals surface area contributed by atoms with Crippen LogP contribution in [0.15, 0.2) is 0 Å². The summed E-state index contributed by atoms with van der Waals surface area (Å²) in [4.78, 5) is 0. The minimum Gasteiger partial charge on any atom is -0.384 e. The van der Waals surface area contributed by atoms with Gasteiger partial charge in [0.15, 0.2) is 0 Å². The normalized spacial score (nSPS) is 14.1. The minimum absolute atomic E-state index is 0.759. The molecule has 0 amide bonds. The van der Waals surface area contributed by atoms with E-state index in [-0.39, 0.29) is 0 Å². The van der Waals surface area contributed by atoms with Crippen LogP contribution in [-0.4, -0.2) is 13.7 Å². The van der Waals surface area contributed by atoms with Gasteiger partial charge in [-0.2, -0.15) is 0 Å². The molecule has 0 aliphatic rings. The summed E-state index contributed by atoms with van der Waals surface area (Å²) in [5, 5.41) is 0. The zero-order valence-corrected chi connectivity index (χ0v) is 7.68. The van der Waals surface area contributed by atoms with Crippen LogP contribution in [-0.2, 0) is 4.74 Å². The fourth-order valence-electron chi connectivity index (χ4n) is 1.19. The fourth-order valence-corrected chi connectivity index (χ4v) is 1.19. The molecule has 0 spiro atoms. The Balaban J connectivity index is 3.50. The maximum Gasteiger partial charge on any atom is 0.0492 e. The second-order valence-corrected chi connectivity index (χ2v) is 3.25. The molecule has 0 saturated carbocycles. The van der Waals surface area contributed by atoms with Crippen LogP contribution in [0, 0.1) is 11.8 Å². The average Bonchev–Trinajstić information content (AvgIpc) is 1.87. The lowest BCUT2D eigenvalue weighted by Crippen LogP contribution is -2.14. The molecule has 1 unspecified atom stereocenters. The lowest BCUT2D eigenvalue weighted by atomic mass is 9.92. The van der Waals surface area contributed by atoms with Gasteiger partial charge in [0, 0.05) is 13.7 Å². The molecule has 1 nitrogen and oxygen atoms in total. The first-order valence-corrected chi connectivity index (χ1v) is 4.21. The van der Waals surface area contributed by atoms with E-state index >= 15 is 0 Å². The highest BCUT2D eigenvalue weighted by Gasteiger charge is 2.10. The quantitative estimate of drug-likeness (QED) is 0.576. The molecule has 0 aromatic carbocycles. The van der Waals surface area contributed by atoms with Crippen molar-refractivity contribution in [1.29, 1.82) is 0 Å². The first kappa shape index (κ1) is 9.96. The molecule has 10 heavy (non-hydrogen) atoms. The van der Waals surface area contributed by atoms with Crippen molar-refractivity contribution < 1.29 is 4.74 Å². The van der Waals surface area contributed by atoms with Crippen LogP contribution in [0.1, 0.15) is 33.6 Å². The topological polar surface area (TPSA) is 9.23 Å². The van der Waals surface area contributed by atoms with Gasteiger partial charge in [-0.25, -0.2) is 0 Å². The van der Waals surface area contributed by atoms with Crippen molar-refractivity contribution in [3.63, 3.8) is 0 Å². The molecule has 0 aromatic rings. The first-order valence-electron chi connectivity index (χ1n) is 4.21. The molecule has 0 aliphatic heterocycles. The Hall–Kier alpha value is -0.0400. The van der Waals surface area contributed by atoms with Gasteiger partial charge in [-0.3, -0.25) is 0 Å². The van der Waals surface area contributed by atoms with Crippen molar-refractivity contribution in [2.24, 2.45) is 11.8 Å². The van der Waals surface area contributed by atoms with Crippen molar-refractivity contribution in [2.45, 2.75) is 33.6 Å². The van der Waals surface area contributed by atoms with E-state index in [0.29, 0.717) is 0 Å². The summed E-state index contributed by atoms with van der Waals surface area (Å²) in [6.07, 6.45) is 2.57. The van der Waals surface area contributed by atoms with E-state index in [1.54, 1.807) is 7.11 Å². The van der Waals surface area contributed by atoms with Crippen molar-refractivity contribution in [2.75, 3.05) is 13.7 Å². The number of ether oxygens (including phenoxy) is 1. The summed E-state index contributed by atoms with van der Waals surface area (Å²) in [5.41, 5.74) is 0. The number of hydrogen-bond donors (Lipinski definition) is 0. The van der Waals surface area contributed by atoms with E-state index in [1.165, 1.54) is 12.8 Å². The summed E-state index contributed by atoms with van der Waals surface area (Å²) < 4.78 is 5.12. The largest absolute Gasteiger partial charge is 0.384 e. The van der Waals surface area contributed by atoms with Crippen LogP contribution >= 0.6 is 0 Å². The maximum absolute atomic E-state index is 5.12. The van der Waals surface area contributed by atoms with Gasteiger partial charge in [0.1, 0.15) is 0 Å². The van der Waals surface area contributed by atoms with E-state index in [9.17, 15) is 0 Å². The Bertz CT molecular complexity index is 63.1. The molecule has 1 atom stereocenters. The highest BCUT2D eigenvalue weighted by atomic mass is 16.5. The molecule has 0 radical (unpaired) electrons. The van der Waals surface area contributed by atoms with Crippen molar-refractivity contribution in [1.82, 2.24) is 0 Å². The Kier molecular flexibility index (Phi) is 5.70. The molecule has 0 saturated heterocycles. The molecule has 1 heteroatoms. The van der Waals surface area contributed by atoms with Gasteiger partial charge in [-0.1, -0.05) is 27.2 Å². The van der Waals surface area contributed by atoms with Gasteiger partial charge in [0.25, 0.3) is 0 Å². The highest BCUT2D eigenvalue weighted by molar-refractivity contribution is 4.60. The Labute approximate surface area is 64.8 Å². The summed E-state index contributed by atoms with van der Waals surface area (Å²) in [6.45, 7) is 7.68. The number of hydrogen-bond acceptors (Lipinski definition) is 1. The smallest absolute Gasteiger partial charge is 0.0492 e. The predicted molar refractivity (Wildman–Crippen MR) is 45.1 cm³/mol. The van der Waals surface area contributed by atoms with Gasteiger partial charge in [-0.05, 0) is 18.3 Å². The lowest BCUT2D eigenvalue weighted by Gasteiger charge is -2.18. The monoisotopic (exact) mass is 144 g/mol. The average molecular weight is 144 g/mol. The van der Waals surface area contributed by atoms with E-state index in [1.807, 2.05) is 0 Å². The fraction of sp³-hybridized carbons (Fsp3) is 1.00. The second-order valence-electron chi connectivity index (χ2n) is 3.25. The van der Waals surface area contributed by atoms with Crippen LogP contribution in [0.3, 0.4) is 0 Å². The highest BCUT2D eigenvalue weighted by Crippen LogP contribution is 2.16. The van der Waals surface area contributed by atoms with Crippen molar-refractivity contribution in [3.05, 3.63) is 0 Å². The third-order valence-electron chi connectivity index (χ3n) is 1.98. The van der Waals surface area contributed by atoms with Crippen LogP contribution < -0.4 is 0 Å². The molecule has 0 fully saturated rings. The molecule has 0 bridgehead atoms. The summed E-state index contributed by atoms with van der Waals surface area (Å²) in [7, 11) is 1.78. The maximum atomic E-state index is 5.12. The second kappa shape index (κ2) is 5.72. The lowest BCUT2D eigenvalue weighted by molar-refractivity contribution is 0.123. The van der Waals surface area contributed by atoms with Gasteiger partial charge < -0.3 is 4.74 Å². The molecule has 0 rings (SSSR count). The van der Waals surface area contributed by atoms with Crippen LogP contribution in [0.2, 0.25) is 0 Å². The van der Waals surface area contributed by atoms with Crippen molar-refractivity contribution in [3.8, 4) is 0 Å². The summed E-state index contributed by atoms with van der Waals surface area (Å²) in [6, 6.07) is 0. The Morgan fingerprint density at radius 2 is 1.90 bits per heavy atom. The van der Waals surface area contributed by atoms with Crippen LogP contribution in [0.25, 0.3) is 0 Å². The SMILES string of the molecule is CCCC(COC)C(C)C. The van der Waals surface area contributed by atoms with Gasteiger partial charge in [-0.15, -0.1) is 0 Å². The van der Waals surface area contributed by atoms with Crippen molar-refractivity contribution >= 4 is 0 Å². The third-order valence-corrected chi connectivity index (χ3v) is 1.98. The molecule has 0 aliphatic carbocycles. The zero-order valence-electron chi connectivity index (χ0n) is 7.68. The molecular weight excluding hydrogens is 124 g/mol. The van der Waals surface area contributed by atoms with Crippen LogP contribution in [0.4, 0.5) is 0 Å². The number of methoxy groups -OCH3 is 1. The molecule has 0 heterocycles. The van der Waals surface area contributed by atoms with Gasteiger partial charge >= 0.3 is 0 Å². The molecule has 0 aromatic heterocycles. The summed E-state index contributed by atoms with van der Waals surface area (Å²) in [5.74, 6) is 1.52. The van der Waals surface area contributed by atoms with E-state index in [4.69, 9.17) is 4.74 Å². The molecule has 0 N–H and O–H groups in total. The molecule has 62 valence electrons. The van der Waals surface area contributed by atoms with Gasteiger partial charge in [0.2, 0.25) is 0 Å². The zero-order chi connectivity index (χ0) is 7.98. The van der Waals surface area contributed by atoms with Gasteiger partial charge in [0.05, 0.1) is 0 Å². The Morgan fingerprint density at radius 3 is 2.20 bits per heavy atom. The standard InChI is InChI=1S/C9H20O/c1-5-6-9(7-10-4)8(2)3/h8-9H,5-7H2,1-4H3. The van der Waals surface area contributed by atoms with E-state index in [2.05, 4.69) is 20.8 Å². The molecular formula is C9H20O. The van der Waals surface area contributed by atoms with E-state index in [0.717, 1.165) is 18.4 Å². The Morgan fingerprint density at radius 1 is 1.30 bits per heavy atom. The third kappa shape index (κ3) is 3.89.